The van der Waals surface area contributed by atoms with Gasteiger partial charge in [-0.25, -0.2) is 13.5 Å². The molecule has 182 valence electrons. The van der Waals surface area contributed by atoms with E-state index in [1.807, 2.05) is 50.2 Å². The molecule has 0 aliphatic heterocycles. The smallest absolute Gasteiger partial charge is 0.248 e. The lowest BCUT2D eigenvalue weighted by atomic mass is 10.1. The molecular weight excluding hydrogens is 452 g/mol. The van der Waals surface area contributed by atoms with Crippen LogP contribution in [0.2, 0.25) is 0 Å². The van der Waals surface area contributed by atoms with E-state index in [1.54, 1.807) is 36.5 Å². The highest BCUT2D eigenvalue weighted by Gasteiger charge is 2.17. The number of likely N-dealkylation sites (N-methyl/N-ethyl adjacent to an activating group) is 2. The van der Waals surface area contributed by atoms with E-state index in [0.717, 1.165) is 38.2 Å². The number of nitrogen functional groups attached to an aromatic ring is 1. The molecule has 3 rings (SSSR count). The number of ether oxygens (including phenoxy) is 2. The van der Waals surface area contributed by atoms with Crippen molar-refractivity contribution in [3.63, 3.8) is 0 Å². The van der Waals surface area contributed by atoms with Crippen LogP contribution in [0.1, 0.15) is 16.7 Å². The Balaban J connectivity index is 1.47. The van der Waals surface area contributed by atoms with Gasteiger partial charge >= 0.3 is 0 Å². The van der Waals surface area contributed by atoms with Crippen molar-refractivity contribution in [2.24, 2.45) is 0 Å². The highest BCUT2D eigenvalue weighted by molar-refractivity contribution is 7.82. The number of aryl methyl sites for hydroxylation is 2. The van der Waals surface area contributed by atoms with Gasteiger partial charge in [0.2, 0.25) is 5.91 Å². The third-order valence-corrected chi connectivity index (χ3v) is 7.27. The maximum absolute atomic E-state index is 13.0. The first-order valence-corrected chi connectivity index (χ1v) is 12.1. The van der Waals surface area contributed by atoms with Crippen LogP contribution in [-0.2, 0) is 27.1 Å². The number of hydrogen-bond acceptors (Lipinski definition) is 6. The zero-order valence-corrected chi connectivity index (χ0v) is 21.1. The maximum atomic E-state index is 13.0. The molecule has 1 amide bonds. The second-order valence-corrected chi connectivity index (χ2v) is 9.79. The number of methoxy groups -OCH3 is 1. The van der Waals surface area contributed by atoms with E-state index in [-0.39, 0.29) is 12.5 Å². The minimum absolute atomic E-state index is 0.0385. The quantitative estimate of drug-likeness (QED) is 0.444. The van der Waals surface area contributed by atoms with Crippen molar-refractivity contribution in [2.45, 2.75) is 25.3 Å². The Bertz CT molecular complexity index is 1180. The molecule has 0 saturated carbocycles. The van der Waals surface area contributed by atoms with Crippen LogP contribution in [0, 0.1) is 13.8 Å². The van der Waals surface area contributed by atoms with Gasteiger partial charge in [0, 0.05) is 32.6 Å². The van der Waals surface area contributed by atoms with Gasteiger partial charge in [-0.3, -0.25) is 4.79 Å². The van der Waals surface area contributed by atoms with Gasteiger partial charge in [-0.15, -0.1) is 0 Å². The molecule has 0 aliphatic carbocycles. The van der Waals surface area contributed by atoms with Crippen molar-refractivity contribution in [1.82, 2.24) is 14.2 Å². The molecule has 3 aromatic rings. The zero-order valence-electron chi connectivity index (χ0n) is 20.3. The summed E-state index contributed by atoms with van der Waals surface area (Å²) in [6, 6.07) is 13.3. The molecule has 0 aliphatic rings. The van der Waals surface area contributed by atoms with Gasteiger partial charge in [-0.2, -0.15) is 0 Å². The van der Waals surface area contributed by atoms with Crippen LogP contribution >= 0.6 is 0 Å². The predicted octanol–water partition coefficient (Wildman–Crippen LogP) is 3.07. The number of carbonyl (C=O) groups excluding carboxylic acids is 1. The highest BCUT2D eigenvalue weighted by Crippen LogP contribution is 2.25. The average Bonchev–Trinajstić information content (AvgIpc) is 2.80. The Morgan fingerprint density at radius 1 is 1.09 bits per heavy atom. The predicted molar refractivity (Wildman–Crippen MR) is 135 cm³/mol. The first kappa shape index (κ1) is 25.6. The number of anilines is 1. The monoisotopic (exact) mass is 484 g/mol. The molecule has 0 bridgehead atoms. The fourth-order valence-electron chi connectivity index (χ4n) is 3.66. The number of fused-ring (bicyclic) bond motifs is 1. The maximum Gasteiger partial charge on any atom is 0.248 e. The van der Waals surface area contributed by atoms with Crippen LogP contribution in [0.15, 0.2) is 47.4 Å². The number of aromatic nitrogens is 1. The lowest BCUT2D eigenvalue weighted by molar-refractivity contribution is -0.135. The largest absolute Gasteiger partial charge is 0.497 e. The first-order chi connectivity index (χ1) is 16.2. The molecule has 1 heterocycles. The Morgan fingerprint density at radius 2 is 1.79 bits per heavy atom. The highest BCUT2D eigenvalue weighted by atomic mass is 32.2. The van der Waals surface area contributed by atoms with Crippen LogP contribution in [0.4, 0.5) is 5.82 Å². The molecule has 34 heavy (non-hydrogen) atoms. The number of nitrogens with two attached hydrogens (primary N) is 1. The summed E-state index contributed by atoms with van der Waals surface area (Å²) >= 11 is 0. The van der Waals surface area contributed by atoms with Crippen molar-refractivity contribution < 1.29 is 18.5 Å². The van der Waals surface area contributed by atoms with Gasteiger partial charge in [-0.1, -0.05) is 6.07 Å². The summed E-state index contributed by atoms with van der Waals surface area (Å²) in [5.41, 5.74) is 9.36. The molecular formula is C25H32N4O4S. The summed E-state index contributed by atoms with van der Waals surface area (Å²) in [5, 5.41) is 0.974. The van der Waals surface area contributed by atoms with E-state index in [9.17, 15) is 9.00 Å². The van der Waals surface area contributed by atoms with Crippen molar-refractivity contribution in [3.05, 3.63) is 59.2 Å². The van der Waals surface area contributed by atoms with Crippen molar-refractivity contribution >= 4 is 33.6 Å². The lowest BCUT2D eigenvalue weighted by Crippen LogP contribution is -2.32. The van der Waals surface area contributed by atoms with Crippen LogP contribution < -0.4 is 10.5 Å². The van der Waals surface area contributed by atoms with Gasteiger partial charge in [0.05, 0.1) is 24.1 Å². The number of hydrogen-bond donors (Lipinski definition) is 1. The number of benzene rings is 2. The summed E-state index contributed by atoms with van der Waals surface area (Å²) in [6.07, 6.45) is 0. The zero-order chi connectivity index (χ0) is 24.8. The standard InChI is InChI=1S/C25H32N4O4S/c1-17-12-21(32-5)13-18(2)25(17)34(31)29(4)10-11-33-16-24(30)28(3)15-19-6-8-22-20(14-19)7-9-23(26)27-22/h6-9,12-14H,10-11,15-16H2,1-5H3,(H2,26,27). The fraction of sp³-hybridized carbons (Fsp3) is 0.360. The average molecular weight is 485 g/mol. The topological polar surface area (TPSA) is 98.0 Å². The van der Waals surface area contributed by atoms with Crippen LogP contribution in [-0.4, -0.2) is 65.3 Å². The Hall–Kier alpha value is -3.01. The third kappa shape index (κ3) is 6.31. The summed E-state index contributed by atoms with van der Waals surface area (Å²) < 4.78 is 25.6. The summed E-state index contributed by atoms with van der Waals surface area (Å²) in [7, 11) is 3.80. The second kappa shape index (κ2) is 11.4. The molecule has 0 fully saturated rings. The van der Waals surface area contributed by atoms with Gasteiger partial charge in [0.1, 0.15) is 29.2 Å². The van der Waals surface area contributed by atoms with Crippen molar-refractivity contribution in [3.8, 4) is 5.75 Å². The number of amides is 1. The first-order valence-electron chi connectivity index (χ1n) is 10.9. The van der Waals surface area contributed by atoms with Gasteiger partial charge in [-0.05, 0) is 66.9 Å². The van der Waals surface area contributed by atoms with Crippen molar-refractivity contribution in [2.75, 3.05) is 46.7 Å². The Labute approximate surface area is 203 Å². The van der Waals surface area contributed by atoms with Gasteiger partial charge in [0.15, 0.2) is 0 Å². The molecule has 1 aromatic heterocycles. The Kier molecular flexibility index (Phi) is 8.60. The normalized spacial score (nSPS) is 12.2. The Morgan fingerprint density at radius 3 is 2.47 bits per heavy atom. The van der Waals surface area contributed by atoms with Gasteiger partial charge in [0.25, 0.3) is 0 Å². The molecule has 2 N–H and O–H groups in total. The number of rotatable bonds is 10. The molecule has 0 spiro atoms. The SMILES string of the molecule is COc1cc(C)c(S(=O)N(C)CCOCC(=O)N(C)Cc2ccc3nc(N)ccc3c2)c(C)c1. The van der Waals surface area contributed by atoms with E-state index < -0.39 is 11.0 Å². The van der Waals surface area contributed by atoms with E-state index >= 15 is 0 Å². The molecule has 8 nitrogen and oxygen atoms in total. The van der Waals surface area contributed by atoms with Crippen molar-refractivity contribution in [1.29, 1.82) is 0 Å². The summed E-state index contributed by atoms with van der Waals surface area (Å²) in [5.74, 6) is 1.10. The minimum Gasteiger partial charge on any atom is -0.497 e. The van der Waals surface area contributed by atoms with Crippen LogP contribution in [0.5, 0.6) is 5.75 Å². The number of nitrogens with zero attached hydrogens (tertiary/aromatic N) is 3. The van der Waals surface area contributed by atoms with Crippen LogP contribution in [0.3, 0.4) is 0 Å². The van der Waals surface area contributed by atoms with E-state index in [0.29, 0.717) is 25.5 Å². The van der Waals surface area contributed by atoms with Crippen LogP contribution in [0.25, 0.3) is 10.9 Å². The summed E-state index contributed by atoms with van der Waals surface area (Å²) in [6.45, 7) is 4.98. The number of pyridine rings is 1. The molecule has 0 radical (unpaired) electrons. The summed E-state index contributed by atoms with van der Waals surface area (Å²) in [4.78, 5) is 19.2. The fourth-order valence-corrected chi connectivity index (χ4v) is 4.88. The molecule has 1 atom stereocenters. The van der Waals surface area contributed by atoms with E-state index in [2.05, 4.69) is 4.98 Å². The number of carbonyl (C=O) groups is 1. The second-order valence-electron chi connectivity index (χ2n) is 8.26. The molecule has 9 heteroatoms. The molecule has 1 unspecified atom stereocenters. The molecule has 2 aromatic carbocycles. The van der Waals surface area contributed by atoms with Gasteiger partial charge < -0.3 is 20.1 Å². The van der Waals surface area contributed by atoms with E-state index in [4.69, 9.17) is 15.2 Å². The third-order valence-electron chi connectivity index (χ3n) is 5.52. The minimum atomic E-state index is -1.33. The molecule has 0 saturated heterocycles. The lowest BCUT2D eigenvalue weighted by Gasteiger charge is -2.20. The van der Waals surface area contributed by atoms with E-state index in [1.165, 1.54) is 0 Å².